The Morgan fingerprint density at radius 2 is 2.22 bits per heavy atom. The number of ether oxygens (including phenoxy) is 1. The van der Waals surface area contributed by atoms with Crippen molar-refractivity contribution >= 4 is 15.9 Å². The fourth-order valence-electron chi connectivity index (χ4n) is 2.51. The Kier molecular flexibility index (Phi) is 5.07. The summed E-state index contributed by atoms with van der Waals surface area (Å²) >= 11 is 3.54. The van der Waals surface area contributed by atoms with Crippen molar-refractivity contribution in [3.05, 3.63) is 28.2 Å². The van der Waals surface area contributed by atoms with Crippen LogP contribution in [0.15, 0.2) is 22.7 Å². The highest BCUT2D eigenvalue weighted by Crippen LogP contribution is 2.34. The van der Waals surface area contributed by atoms with Crippen LogP contribution in [-0.2, 0) is 6.42 Å². The van der Waals surface area contributed by atoms with Gasteiger partial charge in [-0.1, -0.05) is 6.07 Å². The average Bonchev–Trinajstić information content (AvgIpc) is 3.19. The Bertz CT molecular complexity index is 390. The first-order valence-electron chi connectivity index (χ1n) is 6.74. The standard InChI is InChI=1S/C15H22BrNO/c1-17-14(12-7-8-12)5-3-4-11-6-9-15(18-2)13(16)10-11/h6,9-10,12,14,17H,3-5,7-8H2,1-2H3. The number of aryl methyl sites for hydroxylation is 1. The molecule has 2 nitrogen and oxygen atoms in total. The summed E-state index contributed by atoms with van der Waals surface area (Å²) in [5, 5.41) is 3.45. The molecule has 1 aromatic rings. The molecule has 0 saturated heterocycles. The zero-order valence-electron chi connectivity index (χ0n) is 11.2. The molecular weight excluding hydrogens is 290 g/mol. The first-order valence-corrected chi connectivity index (χ1v) is 7.53. The maximum Gasteiger partial charge on any atom is 0.133 e. The quantitative estimate of drug-likeness (QED) is 0.827. The summed E-state index contributed by atoms with van der Waals surface area (Å²) in [4.78, 5) is 0. The Balaban J connectivity index is 1.80. The van der Waals surface area contributed by atoms with Gasteiger partial charge in [0.05, 0.1) is 11.6 Å². The first-order chi connectivity index (χ1) is 8.74. The summed E-state index contributed by atoms with van der Waals surface area (Å²) in [6, 6.07) is 7.10. The van der Waals surface area contributed by atoms with Crippen molar-refractivity contribution in [1.82, 2.24) is 5.32 Å². The van der Waals surface area contributed by atoms with Gasteiger partial charge in [-0.25, -0.2) is 0 Å². The molecule has 2 rings (SSSR count). The van der Waals surface area contributed by atoms with Crippen LogP contribution in [-0.4, -0.2) is 20.2 Å². The van der Waals surface area contributed by atoms with Gasteiger partial charge in [0.2, 0.25) is 0 Å². The van der Waals surface area contributed by atoms with Gasteiger partial charge in [-0.05, 0) is 78.7 Å². The highest BCUT2D eigenvalue weighted by Gasteiger charge is 2.29. The number of hydrogen-bond donors (Lipinski definition) is 1. The number of rotatable bonds is 7. The van der Waals surface area contributed by atoms with Gasteiger partial charge < -0.3 is 10.1 Å². The van der Waals surface area contributed by atoms with E-state index >= 15 is 0 Å². The topological polar surface area (TPSA) is 21.3 Å². The lowest BCUT2D eigenvalue weighted by molar-refractivity contribution is 0.412. The Morgan fingerprint density at radius 3 is 2.78 bits per heavy atom. The van der Waals surface area contributed by atoms with Crippen molar-refractivity contribution in [2.45, 2.75) is 38.1 Å². The zero-order chi connectivity index (χ0) is 13.0. The molecule has 0 amide bonds. The molecule has 0 bridgehead atoms. The van der Waals surface area contributed by atoms with Crippen LogP contribution in [0.3, 0.4) is 0 Å². The van der Waals surface area contributed by atoms with Crippen molar-refractivity contribution in [2.75, 3.05) is 14.2 Å². The second kappa shape index (κ2) is 6.58. The van der Waals surface area contributed by atoms with Crippen LogP contribution in [0.5, 0.6) is 5.75 Å². The minimum atomic E-state index is 0.728. The molecule has 1 saturated carbocycles. The van der Waals surface area contributed by atoms with Crippen LogP contribution < -0.4 is 10.1 Å². The smallest absolute Gasteiger partial charge is 0.133 e. The summed E-state index contributed by atoms with van der Waals surface area (Å²) in [5.74, 6) is 1.85. The van der Waals surface area contributed by atoms with Crippen molar-refractivity contribution in [1.29, 1.82) is 0 Å². The molecule has 100 valence electrons. The molecule has 1 aromatic carbocycles. The second-order valence-electron chi connectivity index (χ2n) is 5.09. The van der Waals surface area contributed by atoms with Crippen LogP contribution in [0.25, 0.3) is 0 Å². The lowest BCUT2D eigenvalue weighted by Gasteiger charge is -2.15. The molecule has 3 heteroatoms. The van der Waals surface area contributed by atoms with Crippen LogP contribution in [0.1, 0.15) is 31.2 Å². The van der Waals surface area contributed by atoms with E-state index in [2.05, 4.69) is 40.4 Å². The number of benzene rings is 1. The van der Waals surface area contributed by atoms with Gasteiger partial charge in [0.25, 0.3) is 0 Å². The molecule has 1 aliphatic carbocycles. The van der Waals surface area contributed by atoms with Gasteiger partial charge in [-0.2, -0.15) is 0 Å². The number of halogens is 1. The maximum absolute atomic E-state index is 5.24. The van der Waals surface area contributed by atoms with Crippen LogP contribution in [0.4, 0.5) is 0 Å². The van der Waals surface area contributed by atoms with E-state index in [9.17, 15) is 0 Å². The fourth-order valence-corrected chi connectivity index (χ4v) is 3.09. The maximum atomic E-state index is 5.24. The number of methoxy groups -OCH3 is 1. The minimum Gasteiger partial charge on any atom is -0.496 e. The average molecular weight is 312 g/mol. The number of nitrogens with one attached hydrogen (secondary N) is 1. The molecule has 0 aliphatic heterocycles. The monoisotopic (exact) mass is 311 g/mol. The molecule has 0 heterocycles. The SMILES string of the molecule is CNC(CCCc1ccc(OC)c(Br)c1)C1CC1. The zero-order valence-corrected chi connectivity index (χ0v) is 12.8. The van der Waals surface area contributed by atoms with Crippen molar-refractivity contribution in [3.8, 4) is 5.75 Å². The third-order valence-corrected chi connectivity index (χ3v) is 4.38. The largest absolute Gasteiger partial charge is 0.496 e. The molecule has 0 radical (unpaired) electrons. The molecule has 1 N–H and O–H groups in total. The summed E-state index contributed by atoms with van der Waals surface area (Å²) < 4.78 is 6.29. The lowest BCUT2D eigenvalue weighted by atomic mass is 10.0. The van der Waals surface area contributed by atoms with Gasteiger partial charge in [0, 0.05) is 6.04 Å². The van der Waals surface area contributed by atoms with E-state index < -0.39 is 0 Å². The Morgan fingerprint density at radius 1 is 1.44 bits per heavy atom. The van der Waals surface area contributed by atoms with E-state index in [1.807, 2.05) is 6.07 Å². The van der Waals surface area contributed by atoms with Crippen LogP contribution in [0.2, 0.25) is 0 Å². The van der Waals surface area contributed by atoms with Gasteiger partial charge in [-0.3, -0.25) is 0 Å². The summed E-state index contributed by atoms with van der Waals surface area (Å²) in [5.41, 5.74) is 1.38. The normalized spacial score (nSPS) is 16.6. The predicted octanol–water partition coefficient (Wildman–Crippen LogP) is 3.78. The van der Waals surface area contributed by atoms with E-state index in [1.54, 1.807) is 7.11 Å². The second-order valence-corrected chi connectivity index (χ2v) is 5.95. The molecular formula is C15H22BrNO. The summed E-state index contributed by atoms with van der Waals surface area (Å²) in [7, 11) is 3.79. The third-order valence-electron chi connectivity index (χ3n) is 3.76. The molecule has 1 aliphatic rings. The van der Waals surface area contributed by atoms with E-state index in [-0.39, 0.29) is 0 Å². The molecule has 1 unspecified atom stereocenters. The van der Waals surface area contributed by atoms with Crippen LogP contribution in [0, 0.1) is 5.92 Å². The number of hydrogen-bond acceptors (Lipinski definition) is 2. The van der Waals surface area contributed by atoms with E-state index in [4.69, 9.17) is 4.74 Å². The summed E-state index contributed by atoms with van der Waals surface area (Å²) in [6.45, 7) is 0. The highest BCUT2D eigenvalue weighted by molar-refractivity contribution is 9.10. The van der Waals surface area contributed by atoms with Crippen LogP contribution >= 0.6 is 15.9 Å². The van der Waals surface area contributed by atoms with Gasteiger partial charge in [-0.15, -0.1) is 0 Å². The third kappa shape index (κ3) is 3.72. The van der Waals surface area contributed by atoms with Gasteiger partial charge >= 0.3 is 0 Å². The molecule has 0 aromatic heterocycles. The Labute approximate surface area is 118 Å². The minimum absolute atomic E-state index is 0.728. The van der Waals surface area contributed by atoms with Crippen molar-refractivity contribution in [3.63, 3.8) is 0 Å². The Hall–Kier alpha value is -0.540. The lowest BCUT2D eigenvalue weighted by Crippen LogP contribution is -2.27. The van der Waals surface area contributed by atoms with E-state index in [0.717, 1.165) is 28.6 Å². The highest BCUT2D eigenvalue weighted by atomic mass is 79.9. The first kappa shape index (κ1) is 13.9. The van der Waals surface area contributed by atoms with Crippen molar-refractivity contribution in [2.24, 2.45) is 5.92 Å². The van der Waals surface area contributed by atoms with Crippen molar-refractivity contribution < 1.29 is 4.74 Å². The molecule has 18 heavy (non-hydrogen) atoms. The molecule has 0 spiro atoms. The van der Waals surface area contributed by atoms with E-state index in [0.29, 0.717) is 0 Å². The van der Waals surface area contributed by atoms with E-state index in [1.165, 1.54) is 31.2 Å². The summed E-state index contributed by atoms with van der Waals surface area (Å²) in [6.07, 6.45) is 6.51. The predicted molar refractivity (Wildman–Crippen MR) is 79.2 cm³/mol. The fraction of sp³-hybridized carbons (Fsp3) is 0.600. The van der Waals surface area contributed by atoms with Gasteiger partial charge in [0.1, 0.15) is 5.75 Å². The molecule has 1 atom stereocenters. The van der Waals surface area contributed by atoms with Gasteiger partial charge in [0.15, 0.2) is 0 Å². The molecule has 1 fully saturated rings.